The summed E-state index contributed by atoms with van der Waals surface area (Å²) in [6, 6.07) is 2.17. The maximum atomic E-state index is 12.2. The zero-order valence-corrected chi connectivity index (χ0v) is 15.0. The number of aromatic nitrogens is 2. The second kappa shape index (κ2) is 9.06. The summed E-state index contributed by atoms with van der Waals surface area (Å²) >= 11 is 0. The van der Waals surface area contributed by atoms with E-state index >= 15 is 0 Å². The van der Waals surface area contributed by atoms with E-state index in [0.717, 1.165) is 37.6 Å². The number of carbonyl (C=O) groups is 1. The van der Waals surface area contributed by atoms with E-state index in [-0.39, 0.29) is 11.9 Å². The maximum Gasteiger partial charge on any atom is 0.221 e. The van der Waals surface area contributed by atoms with Gasteiger partial charge in [-0.2, -0.15) is 5.10 Å². The summed E-state index contributed by atoms with van der Waals surface area (Å²) in [5.41, 5.74) is 2.17. The Morgan fingerprint density at radius 1 is 1.22 bits per heavy atom. The van der Waals surface area contributed by atoms with Crippen molar-refractivity contribution < 1.29 is 4.79 Å². The number of nitrogens with zero attached hydrogens (tertiary/aromatic N) is 3. The fourth-order valence-corrected chi connectivity index (χ4v) is 3.31. The van der Waals surface area contributed by atoms with Crippen LogP contribution in [0.15, 0.2) is 6.07 Å². The molecule has 130 valence electrons. The highest BCUT2D eigenvalue weighted by Crippen LogP contribution is 2.10. The van der Waals surface area contributed by atoms with Crippen molar-refractivity contribution in [2.75, 3.05) is 19.6 Å². The van der Waals surface area contributed by atoms with Crippen LogP contribution in [0.2, 0.25) is 0 Å². The van der Waals surface area contributed by atoms with Gasteiger partial charge < -0.3 is 10.2 Å². The lowest BCUT2D eigenvalue weighted by Crippen LogP contribution is -2.38. The summed E-state index contributed by atoms with van der Waals surface area (Å²) < 4.78 is 1.97. The smallest absolute Gasteiger partial charge is 0.221 e. The Labute approximate surface area is 140 Å². The molecule has 1 saturated heterocycles. The Morgan fingerprint density at radius 3 is 2.48 bits per heavy atom. The first kappa shape index (κ1) is 18.0. The van der Waals surface area contributed by atoms with Crippen LogP contribution in [-0.2, 0) is 11.3 Å². The lowest BCUT2D eigenvalue weighted by molar-refractivity contribution is -0.122. The molecule has 5 nitrogen and oxygen atoms in total. The third-order valence-corrected chi connectivity index (χ3v) is 4.56. The first-order valence-electron chi connectivity index (χ1n) is 9.07. The zero-order chi connectivity index (χ0) is 16.7. The third kappa shape index (κ3) is 6.34. The van der Waals surface area contributed by atoms with Gasteiger partial charge >= 0.3 is 0 Å². The molecule has 1 atom stereocenters. The number of aryl methyl sites for hydroxylation is 2. The molecule has 1 amide bonds. The van der Waals surface area contributed by atoms with Gasteiger partial charge in [0.25, 0.3) is 0 Å². The van der Waals surface area contributed by atoms with E-state index < -0.39 is 0 Å². The number of amides is 1. The fourth-order valence-electron chi connectivity index (χ4n) is 3.31. The molecular weight excluding hydrogens is 288 g/mol. The molecule has 0 unspecified atom stereocenters. The molecule has 0 spiro atoms. The molecule has 0 aromatic carbocycles. The normalized spacial score (nSPS) is 18.2. The van der Waals surface area contributed by atoms with Crippen LogP contribution in [-0.4, -0.2) is 46.3 Å². The van der Waals surface area contributed by atoms with Crippen LogP contribution in [0.3, 0.4) is 0 Å². The van der Waals surface area contributed by atoms with Gasteiger partial charge in [0, 0.05) is 24.7 Å². The minimum atomic E-state index is 0.104. The second-order valence-electron chi connectivity index (χ2n) is 6.94. The Balaban J connectivity index is 1.70. The van der Waals surface area contributed by atoms with Crippen molar-refractivity contribution in [3.63, 3.8) is 0 Å². The number of hydrogen-bond donors (Lipinski definition) is 1. The van der Waals surface area contributed by atoms with Gasteiger partial charge in [-0.3, -0.25) is 9.48 Å². The van der Waals surface area contributed by atoms with Crippen molar-refractivity contribution in [2.24, 2.45) is 0 Å². The highest BCUT2D eigenvalue weighted by atomic mass is 16.1. The lowest BCUT2D eigenvalue weighted by atomic mass is 10.1. The molecule has 0 aliphatic carbocycles. The molecular formula is C18H32N4O. The van der Waals surface area contributed by atoms with Crippen molar-refractivity contribution in [3.05, 3.63) is 17.5 Å². The first-order valence-corrected chi connectivity index (χ1v) is 9.07. The molecule has 1 aliphatic rings. The molecule has 2 rings (SSSR count). The lowest BCUT2D eigenvalue weighted by Gasteiger charge is -2.24. The van der Waals surface area contributed by atoms with Crippen molar-refractivity contribution >= 4 is 5.91 Å². The highest BCUT2D eigenvalue weighted by molar-refractivity contribution is 5.76. The van der Waals surface area contributed by atoms with E-state index in [1.54, 1.807) is 0 Å². The van der Waals surface area contributed by atoms with Crippen LogP contribution in [0.5, 0.6) is 0 Å². The van der Waals surface area contributed by atoms with Gasteiger partial charge in [-0.05, 0) is 52.8 Å². The molecule has 23 heavy (non-hydrogen) atoms. The van der Waals surface area contributed by atoms with Crippen LogP contribution in [0, 0.1) is 13.8 Å². The maximum absolute atomic E-state index is 12.2. The van der Waals surface area contributed by atoms with Crippen molar-refractivity contribution in [1.29, 1.82) is 0 Å². The number of hydrogen-bond acceptors (Lipinski definition) is 3. The molecule has 1 aromatic heterocycles. The van der Waals surface area contributed by atoms with Crippen LogP contribution in [0.4, 0.5) is 0 Å². The predicted molar refractivity (Wildman–Crippen MR) is 93.4 cm³/mol. The number of rotatable bonds is 6. The fraction of sp³-hybridized carbons (Fsp3) is 0.778. The van der Waals surface area contributed by atoms with Gasteiger partial charge in [0.15, 0.2) is 0 Å². The van der Waals surface area contributed by atoms with Crippen molar-refractivity contribution in [3.8, 4) is 0 Å². The van der Waals surface area contributed by atoms with E-state index in [4.69, 9.17) is 0 Å². The minimum absolute atomic E-state index is 0.104. The molecule has 1 N–H and O–H groups in total. The molecule has 0 bridgehead atoms. The van der Waals surface area contributed by atoms with E-state index in [0.29, 0.717) is 6.42 Å². The van der Waals surface area contributed by atoms with Gasteiger partial charge in [-0.1, -0.05) is 19.3 Å². The average Bonchev–Trinajstić information content (AvgIpc) is 2.75. The topological polar surface area (TPSA) is 50.2 Å². The highest BCUT2D eigenvalue weighted by Gasteiger charge is 2.13. The summed E-state index contributed by atoms with van der Waals surface area (Å²) in [7, 11) is 0. The van der Waals surface area contributed by atoms with Gasteiger partial charge in [-0.25, -0.2) is 0 Å². The summed E-state index contributed by atoms with van der Waals surface area (Å²) in [5, 5.41) is 7.56. The van der Waals surface area contributed by atoms with Crippen LogP contribution >= 0.6 is 0 Å². The third-order valence-electron chi connectivity index (χ3n) is 4.56. The molecule has 1 aromatic rings. The van der Waals surface area contributed by atoms with E-state index in [2.05, 4.69) is 28.3 Å². The molecule has 0 radical (unpaired) electrons. The summed E-state index contributed by atoms with van der Waals surface area (Å²) in [4.78, 5) is 14.6. The predicted octanol–water partition coefficient (Wildman–Crippen LogP) is 2.66. The SMILES string of the molecule is Cc1cc(C)n(C[C@@H](C)NC(=O)CCN2CCCCCCC2)n1. The largest absolute Gasteiger partial charge is 0.352 e. The monoisotopic (exact) mass is 320 g/mol. The zero-order valence-electron chi connectivity index (χ0n) is 15.0. The van der Waals surface area contributed by atoms with Gasteiger partial charge in [0.1, 0.15) is 0 Å². The number of likely N-dealkylation sites (tertiary alicyclic amines) is 1. The van der Waals surface area contributed by atoms with Crippen LogP contribution in [0.1, 0.15) is 56.8 Å². The molecule has 5 heteroatoms. The summed E-state index contributed by atoms with van der Waals surface area (Å²) in [6.45, 7) is 10.0. The first-order chi connectivity index (χ1) is 11.0. The molecule has 2 heterocycles. The van der Waals surface area contributed by atoms with E-state index in [1.807, 2.05) is 18.5 Å². The standard InChI is InChI=1S/C18H32N4O/c1-15-13-17(3)22(20-15)14-16(2)19-18(23)9-12-21-10-7-5-4-6-8-11-21/h13,16H,4-12,14H2,1-3H3,(H,19,23)/t16-/m1/s1. The number of carbonyl (C=O) groups excluding carboxylic acids is 1. The quantitative estimate of drug-likeness (QED) is 0.877. The van der Waals surface area contributed by atoms with Gasteiger partial charge in [0.2, 0.25) is 5.91 Å². The summed E-state index contributed by atoms with van der Waals surface area (Å²) in [6.07, 6.45) is 7.19. The van der Waals surface area contributed by atoms with Crippen LogP contribution < -0.4 is 5.32 Å². The minimum Gasteiger partial charge on any atom is -0.352 e. The molecule has 1 fully saturated rings. The Hall–Kier alpha value is -1.36. The summed E-state index contributed by atoms with van der Waals surface area (Å²) in [5.74, 6) is 0.154. The Bertz CT molecular complexity index is 489. The second-order valence-corrected chi connectivity index (χ2v) is 6.94. The van der Waals surface area contributed by atoms with Crippen LogP contribution in [0.25, 0.3) is 0 Å². The Morgan fingerprint density at radius 2 is 1.87 bits per heavy atom. The van der Waals surface area contributed by atoms with E-state index in [9.17, 15) is 4.79 Å². The Kier molecular flexibility index (Phi) is 7.09. The van der Waals surface area contributed by atoms with Gasteiger partial charge in [0.05, 0.1) is 12.2 Å². The van der Waals surface area contributed by atoms with E-state index in [1.165, 1.54) is 32.1 Å². The molecule has 0 saturated carbocycles. The van der Waals surface area contributed by atoms with Gasteiger partial charge in [-0.15, -0.1) is 0 Å². The van der Waals surface area contributed by atoms with Crippen molar-refractivity contribution in [1.82, 2.24) is 20.0 Å². The van der Waals surface area contributed by atoms with Crippen molar-refractivity contribution in [2.45, 2.75) is 71.9 Å². The number of nitrogens with one attached hydrogen (secondary N) is 1. The molecule has 1 aliphatic heterocycles. The average molecular weight is 320 g/mol.